The number of aromatic nitrogens is 2. The molecule has 0 aliphatic rings. The molecule has 2 aromatic rings. The second-order valence-corrected chi connectivity index (χ2v) is 3.73. The second-order valence-electron chi connectivity index (χ2n) is 3.73. The van der Waals surface area contributed by atoms with Crippen LogP contribution in [0.5, 0.6) is 5.75 Å². The van der Waals surface area contributed by atoms with Crippen molar-refractivity contribution in [2.75, 3.05) is 6.54 Å². The van der Waals surface area contributed by atoms with Crippen LogP contribution in [-0.4, -0.2) is 16.9 Å². The van der Waals surface area contributed by atoms with Crippen LogP contribution in [0.25, 0.3) is 0 Å². The van der Waals surface area contributed by atoms with Crippen molar-refractivity contribution in [1.82, 2.24) is 10.3 Å². The average molecular weight is 261 g/mol. The summed E-state index contributed by atoms with van der Waals surface area (Å²) in [5.74, 6) is 5.17. The maximum Gasteiger partial charge on any atom is 0.145 e. The molecular formula is C13H12FN3O2. The zero-order valence-electron chi connectivity index (χ0n) is 10.3. The third-order valence-electron chi connectivity index (χ3n) is 2.39. The van der Waals surface area contributed by atoms with Crippen LogP contribution >= 0.6 is 0 Å². The van der Waals surface area contributed by atoms with Gasteiger partial charge < -0.3 is 10.5 Å². The van der Waals surface area contributed by atoms with E-state index in [0.717, 1.165) is 0 Å². The van der Waals surface area contributed by atoms with E-state index in [0.29, 0.717) is 17.1 Å². The van der Waals surface area contributed by atoms with E-state index in [9.17, 15) is 4.39 Å². The molecule has 0 atom stereocenters. The quantitative estimate of drug-likeness (QED) is 0.845. The van der Waals surface area contributed by atoms with Gasteiger partial charge in [-0.2, -0.15) is 0 Å². The molecule has 6 heteroatoms. The summed E-state index contributed by atoms with van der Waals surface area (Å²) in [6, 6.07) is 4.44. The molecule has 1 aromatic carbocycles. The van der Waals surface area contributed by atoms with Gasteiger partial charge in [0.2, 0.25) is 0 Å². The molecule has 0 aliphatic carbocycles. The van der Waals surface area contributed by atoms with Gasteiger partial charge in [0.25, 0.3) is 0 Å². The molecule has 0 saturated heterocycles. The van der Waals surface area contributed by atoms with Crippen LogP contribution in [0.2, 0.25) is 0 Å². The van der Waals surface area contributed by atoms with E-state index < -0.39 is 5.82 Å². The maximum absolute atomic E-state index is 13.6. The molecular weight excluding hydrogens is 249 g/mol. The van der Waals surface area contributed by atoms with Gasteiger partial charge in [-0.15, -0.1) is 0 Å². The van der Waals surface area contributed by atoms with Gasteiger partial charge in [-0.05, 0) is 19.1 Å². The van der Waals surface area contributed by atoms with Crippen LogP contribution < -0.4 is 10.5 Å². The zero-order valence-corrected chi connectivity index (χ0v) is 10.3. The normalized spacial score (nSPS) is 9.84. The number of aryl methyl sites for hydroxylation is 1. The summed E-state index contributed by atoms with van der Waals surface area (Å²) < 4.78 is 23.6. The summed E-state index contributed by atoms with van der Waals surface area (Å²) in [6.07, 6.45) is 0. The number of ether oxygens (including phenoxy) is 1. The van der Waals surface area contributed by atoms with Gasteiger partial charge in [-0.1, -0.05) is 22.2 Å². The van der Waals surface area contributed by atoms with Gasteiger partial charge in [-0.3, -0.25) is 0 Å². The van der Waals surface area contributed by atoms with Gasteiger partial charge in [0.05, 0.1) is 12.1 Å². The highest BCUT2D eigenvalue weighted by Gasteiger charge is 2.07. The Kier molecular flexibility index (Phi) is 4.11. The first kappa shape index (κ1) is 13.1. The highest BCUT2D eigenvalue weighted by atomic mass is 19.1. The Labute approximate surface area is 109 Å². The number of halogens is 1. The predicted molar refractivity (Wildman–Crippen MR) is 65.7 cm³/mol. The third-order valence-corrected chi connectivity index (χ3v) is 2.39. The van der Waals surface area contributed by atoms with E-state index in [-0.39, 0.29) is 18.7 Å². The third kappa shape index (κ3) is 3.30. The van der Waals surface area contributed by atoms with E-state index in [2.05, 4.69) is 26.8 Å². The first-order chi connectivity index (χ1) is 9.20. The highest BCUT2D eigenvalue weighted by Crippen LogP contribution is 2.17. The second kappa shape index (κ2) is 5.98. The maximum atomic E-state index is 13.6. The van der Waals surface area contributed by atoms with E-state index in [1.54, 1.807) is 19.1 Å². The van der Waals surface area contributed by atoms with Crippen LogP contribution in [0.4, 0.5) is 4.39 Å². The van der Waals surface area contributed by atoms with Gasteiger partial charge >= 0.3 is 0 Å². The van der Waals surface area contributed by atoms with E-state index in [1.165, 1.54) is 6.07 Å². The fourth-order valence-electron chi connectivity index (χ4n) is 1.37. The molecule has 0 fully saturated rings. The van der Waals surface area contributed by atoms with Crippen molar-refractivity contribution in [2.24, 2.45) is 5.73 Å². The van der Waals surface area contributed by atoms with Crippen LogP contribution in [-0.2, 0) is 6.61 Å². The smallest absolute Gasteiger partial charge is 0.145 e. The van der Waals surface area contributed by atoms with Crippen molar-refractivity contribution >= 4 is 0 Å². The van der Waals surface area contributed by atoms with Gasteiger partial charge in [0.1, 0.15) is 29.6 Å². The molecule has 1 aromatic heterocycles. The molecule has 19 heavy (non-hydrogen) atoms. The Balaban J connectivity index is 2.06. The van der Waals surface area contributed by atoms with Crippen LogP contribution in [0.15, 0.2) is 22.8 Å². The van der Waals surface area contributed by atoms with Crippen molar-refractivity contribution in [3.63, 3.8) is 0 Å². The highest BCUT2D eigenvalue weighted by molar-refractivity contribution is 5.39. The number of hydrogen-bond donors (Lipinski definition) is 1. The number of rotatable bonds is 3. The molecule has 1 heterocycles. The van der Waals surface area contributed by atoms with E-state index in [4.69, 9.17) is 10.5 Å². The number of hydrogen-bond acceptors (Lipinski definition) is 5. The molecule has 0 amide bonds. The Bertz CT molecular complexity index is 628. The number of benzene rings is 1. The summed E-state index contributed by atoms with van der Waals surface area (Å²) in [7, 11) is 0. The Morgan fingerprint density at radius 1 is 1.42 bits per heavy atom. The van der Waals surface area contributed by atoms with Crippen molar-refractivity contribution in [1.29, 1.82) is 0 Å². The topological polar surface area (TPSA) is 74.2 Å². The van der Waals surface area contributed by atoms with Crippen LogP contribution in [0.1, 0.15) is 17.0 Å². The molecule has 2 N–H and O–H groups in total. The van der Waals surface area contributed by atoms with E-state index in [1.807, 2.05) is 0 Å². The van der Waals surface area contributed by atoms with Gasteiger partial charge in [0, 0.05) is 6.07 Å². The Hall–Kier alpha value is -2.39. The minimum Gasteiger partial charge on any atom is -0.487 e. The first-order valence-corrected chi connectivity index (χ1v) is 5.60. The summed E-state index contributed by atoms with van der Waals surface area (Å²) in [5, 5.41) is 7.29. The van der Waals surface area contributed by atoms with Gasteiger partial charge in [0.15, 0.2) is 0 Å². The SMILES string of the molecule is Cc1nonc1COc1ccc(C#CCN)c(F)c1. The molecule has 98 valence electrons. The lowest BCUT2D eigenvalue weighted by molar-refractivity contribution is 0.269. The molecule has 5 nitrogen and oxygen atoms in total. The van der Waals surface area contributed by atoms with E-state index >= 15 is 0 Å². The lowest BCUT2D eigenvalue weighted by atomic mass is 10.2. The lowest BCUT2D eigenvalue weighted by Gasteiger charge is -2.04. The minimum absolute atomic E-state index is 0.169. The van der Waals surface area contributed by atoms with Crippen molar-refractivity contribution < 1.29 is 13.8 Å². The molecule has 0 saturated carbocycles. The van der Waals surface area contributed by atoms with Gasteiger partial charge in [-0.25, -0.2) is 9.02 Å². The molecule has 0 aliphatic heterocycles. The first-order valence-electron chi connectivity index (χ1n) is 5.60. The number of nitrogens with two attached hydrogens (primary N) is 1. The Morgan fingerprint density at radius 2 is 2.26 bits per heavy atom. The molecule has 0 spiro atoms. The summed E-state index contributed by atoms with van der Waals surface area (Å²) >= 11 is 0. The molecule has 0 radical (unpaired) electrons. The predicted octanol–water partition coefficient (Wildman–Crippen LogP) is 1.41. The molecule has 0 bridgehead atoms. The summed E-state index contributed by atoms with van der Waals surface area (Å²) in [5.41, 5.74) is 6.74. The lowest BCUT2D eigenvalue weighted by Crippen LogP contribution is -1.98. The largest absolute Gasteiger partial charge is 0.487 e. The molecule has 2 rings (SSSR count). The Morgan fingerprint density at radius 3 is 2.89 bits per heavy atom. The van der Waals surface area contributed by atoms with Crippen LogP contribution in [0, 0.1) is 24.6 Å². The minimum atomic E-state index is -0.451. The molecule has 0 unspecified atom stereocenters. The van der Waals surface area contributed by atoms with Crippen molar-refractivity contribution in [3.05, 3.63) is 41.0 Å². The van der Waals surface area contributed by atoms with Crippen LogP contribution in [0.3, 0.4) is 0 Å². The zero-order chi connectivity index (χ0) is 13.7. The average Bonchev–Trinajstić information content (AvgIpc) is 2.81. The summed E-state index contributed by atoms with van der Waals surface area (Å²) in [6.45, 7) is 2.11. The number of nitrogens with zero attached hydrogens (tertiary/aromatic N) is 2. The standard InChI is InChI=1S/C13H12FN3O2/c1-9-13(17-19-16-9)8-18-11-5-4-10(3-2-6-15)12(14)7-11/h4-5,7H,6,8,15H2,1H3. The fourth-order valence-corrected chi connectivity index (χ4v) is 1.37. The van der Waals surface area contributed by atoms with Crippen molar-refractivity contribution in [2.45, 2.75) is 13.5 Å². The monoisotopic (exact) mass is 261 g/mol. The fraction of sp³-hybridized carbons (Fsp3) is 0.231. The van der Waals surface area contributed by atoms with Crippen molar-refractivity contribution in [3.8, 4) is 17.6 Å². The summed E-state index contributed by atoms with van der Waals surface area (Å²) in [4.78, 5) is 0.